The number of amides is 1. The molecule has 3 aromatic rings. The molecule has 7 nitrogen and oxygen atoms in total. The fraction of sp³-hybridized carbons (Fsp3) is 0.238. The van der Waals surface area contributed by atoms with Crippen LogP contribution in [-0.2, 0) is 0 Å². The number of carbonyl (C=O) groups is 1. The van der Waals surface area contributed by atoms with Crippen molar-refractivity contribution in [1.82, 2.24) is 15.2 Å². The summed E-state index contributed by atoms with van der Waals surface area (Å²) in [4.78, 5) is 19.0. The number of nitriles is 1. The molecule has 1 atom stereocenters. The molecular formula is C21H20N6O. The minimum absolute atomic E-state index is 0.160. The first-order valence-electron chi connectivity index (χ1n) is 9.26. The molecule has 4 rings (SSSR count). The van der Waals surface area contributed by atoms with Crippen LogP contribution < -0.4 is 10.2 Å². The molecule has 1 amide bonds. The Morgan fingerprint density at radius 3 is 2.93 bits per heavy atom. The number of nitrogens with zero attached hydrogens (tertiary/aromatic N) is 4. The van der Waals surface area contributed by atoms with Crippen LogP contribution in [0.25, 0.3) is 0 Å². The van der Waals surface area contributed by atoms with Gasteiger partial charge in [-0.15, -0.1) is 0 Å². The van der Waals surface area contributed by atoms with E-state index in [0.29, 0.717) is 29.2 Å². The van der Waals surface area contributed by atoms with Crippen molar-refractivity contribution in [2.45, 2.75) is 18.8 Å². The van der Waals surface area contributed by atoms with Gasteiger partial charge in [0.1, 0.15) is 11.9 Å². The number of anilines is 2. The maximum absolute atomic E-state index is 12.5. The van der Waals surface area contributed by atoms with Gasteiger partial charge >= 0.3 is 0 Å². The fourth-order valence-corrected chi connectivity index (χ4v) is 3.63. The van der Waals surface area contributed by atoms with Gasteiger partial charge in [-0.05, 0) is 37.1 Å². The first kappa shape index (κ1) is 17.7. The van der Waals surface area contributed by atoms with Gasteiger partial charge in [0.05, 0.1) is 23.1 Å². The smallest absolute Gasteiger partial charge is 0.255 e. The highest BCUT2D eigenvalue weighted by Gasteiger charge is 2.27. The predicted molar refractivity (Wildman–Crippen MR) is 106 cm³/mol. The molecule has 3 heterocycles. The maximum Gasteiger partial charge on any atom is 0.255 e. The quantitative estimate of drug-likeness (QED) is 0.732. The van der Waals surface area contributed by atoms with Gasteiger partial charge in [-0.1, -0.05) is 18.2 Å². The third-order valence-electron chi connectivity index (χ3n) is 4.99. The first-order valence-corrected chi connectivity index (χ1v) is 9.26. The summed E-state index contributed by atoms with van der Waals surface area (Å²) in [5, 5.41) is 19.5. The lowest BCUT2D eigenvalue weighted by Crippen LogP contribution is -2.35. The lowest BCUT2D eigenvalue weighted by Gasteiger charge is -2.33. The standard InChI is InChI=1S/C21H20N6O/c22-12-16-8-4-10-23-20(16)27-11-5-9-17(14-27)19-18(13-24-26-19)25-21(28)15-6-2-1-3-7-15/h1-4,6-8,10,13,17H,5,9,11,14H2,(H,24,26)(H,25,28). The second-order valence-corrected chi connectivity index (χ2v) is 6.79. The number of carbonyl (C=O) groups excluding carboxylic acids is 1. The number of hydrogen-bond acceptors (Lipinski definition) is 5. The van der Waals surface area contributed by atoms with Crippen LogP contribution in [0.3, 0.4) is 0 Å². The molecular weight excluding hydrogens is 352 g/mol. The minimum atomic E-state index is -0.160. The SMILES string of the molecule is N#Cc1cccnc1N1CCCC(c2[nH]ncc2NC(=O)c2ccccc2)C1. The molecule has 0 bridgehead atoms. The molecule has 0 spiro atoms. The van der Waals surface area contributed by atoms with Gasteiger partial charge in [-0.3, -0.25) is 9.89 Å². The summed E-state index contributed by atoms with van der Waals surface area (Å²) in [5.41, 5.74) is 2.78. The van der Waals surface area contributed by atoms with Crippen molar-refractivity contribution in [3.63, 3.8) is 0 Å². The number of aromatic amines is 1. The van der Waals surface area contributed by atoms with E-state index in [1.165, 1.54) is 0 Å². The van der Waals surface area contributed by atoms with E-state index < -0.39 is 0 Å². The Hall–Kier alpha value is -3.66. The highest BCUT2D eigenvalue weighted by Crippen LogP contribution is 2.33. The Labute approximate surface area is 163 Å². The van der Waals surface area contributed by atoms with Crippen molar-refractivity contribution in [2.75, 3.05) is 23.3 Å². The number of nitrogens with one attached hydrogen (secondary N) is 2. The van der Waals surface area contributed by atoms with Crippen LogP contribution in [0.4, 0.5) is 11.5 Å². The lowest BCUT2D eigenvalue weighted by molar-refractivity contribution is 0.102. The van der Waals surface area contributed by atoms with Crippen molar-refractivity contribution >= 4 is 17.4 Å². The molecule has 140 valence electrons. The van der Waals surface area contributed by atoms with E-state index in [4.69, 9.17) is 0 Å². The topological polar surface area (TPSA) is 97.7 Å². The van der Waals surface area contributed by atoms with Crippen molar-refractivity contribution in [2.24, 2.45) is 0 Å². The van der Waals surface area contributed by atoms with Crippen LogP contribution in [0.2, 0.25) is 0 Å². The van der Waals surface area contributed by atoms with Gasteiger partial charge in [0.2, 0.25) is 0 Å². The molecule has 7 heteroatoms. The number of hydrogen-bond donors (Lipinski definition) is 2. The normalized spacial score (nSPS) is 16.4. The first-order chi connectivity index (χ1) is 13.8. The number of H-pyrrole nitrogens is 1. The average molecular weight is 372 g/mol. The summed E-state index contributed by atoms with van der Waals surface area (Å²) in [5.74, 6) is 0.715. The van der Waals surface area contributed by atoms with E-state index >= 15 is 0 Å². The number of aromatic nitrogens is 3. The van der Waals surface area contributed by atoms with Gasteiger partial charge in [0, 0.05) is 30.8 Å². The molecule has 1 saturated heterocycles. The highest BCUT2D eigenvalue weighted by molar-refractivity contribution is 6.04. The van der Waals surface area contributed by atoms with Crippen molar-refractivity contribution in [3.05, 3.63) is 71.7 Å². The molecule has 1 fully saturated rings. The number of rotatable bonds is 4. The Kier molecular flexibility index (Phi) is 5.02. The van der Waals surface area contributed by atoms with Crippen LogP contribution in [0.15, 0.2) is 54.9 Å². The van der Waals surface area contributed by atoms with Crippen molar-refractivity contribution in [3.8, 4) is 6.07 Å². The predicted octanol–water partition coefficient (Wildman–Crippen LogP) is 3.31. The van der Waals surface area contributed by atoms with Crippen LogP contribution >= 0.6 is 0 Å². The van der Waals surface area contributed by atoms with Crippen molar-refractivity contribution < 1.29 is 4.79 Å². The molecule has 2 aromatic heterocycles. The maximum atomic E-state index is 12.5. The van der Waals surface area contributed by atoms with E-state index in [1.807, 2.05) is 18.2 Å². The number of piperidine rings is 1. The minimum Gasteiger partial charge on any atom is -0.355 e. The summed E-state index contributed by atoms with van der Waals surface area (Å²) in [6.45, 7) is 1.56. The van der Waals surface area contributed by atoms with Gasteiger partial charge in [0.15, 0.2) is 0 Å². The highest BCUT2D eigenvalue weighted by atomic mass is 16.1. The number of pyridine rings is 1. The molecule has 0 aliphatic carbocycles. The summed E-state index contributed by atoms with van der Waals surface area (Å²) in [6, 6.07) is 14.9. The second-order valence-electron chi connectivity index (χ2n) is 6.79. The molecule has 1 aliphatic rings. The summed E-state index contributed by atoms with van der Waals surface area (Å²) < 4.78 is 0. The molecule has 0 radical (unpaired) electrons. The third-order valence-corrected chi connectivity index (χ3v) is 4.99. The molecule has 1 aromatic carbocycles. The van der Waals surface area contributed by atoms with Crippen LogP contribution in [0, 0.1) is 11.3 Å². The molecule has 2 N–H and O–H groups in total. The summed E-state index contributed by atoms with van der Waals surface area (Å²) in [6.07, 6.45) is 5.30. The zero-order valence-corrected chi connectivity index (χ0v) is 15.3. The van der Waals surface area contributed by atoms with Crippen LogP contribution in [-0.4, -0.2) is 34.2 Å². The van der Waals surface area contributed by atoms with Gasteiger partial charge in [-0.25, -0.2) is 4.98 Å². The largest absolute Gasteiger partial charge is 0.355 e. The Morgan fingerprint density at radius 1 is 1.25 bits per heavy atom. The van der Waals surface area contributed by atoms with Gasteiger partial charge in [-0.2, -0.15) is 10.4 Å². The van der Waals surface area contributed by atoms with Crippen LogP contribution in [0.1, 0.15) is 40.4 Å². The van der Waals surface area contributed by atoms with E-state index in [0.717, 1.165) is 25.1 Å². The van der Waals surface area contributed by atoms with Gasteiger partial charge < -0.3 is 10.2 Å². The zero-order valence-electron chi connectivity index (χ0n) is 15.3. The van der Waals surface area contributed by atoms with Crippen LogP contribution in [0.5, 0.6) is 0 Å². The fourth-order valence-electron chi connectivity index (χ4n) is 3.63. The molecule has 28 heavy (non-hydrogen) atoms. The van der Waals surface area contributed by atoms with E-state index in [1.54, 1.807) is 36.7 Å². The third kappa shape index (κ3) is 3.58. The Bertz CT molecular complexity index is 1010. The zero-order chi connectivity index (χ0) is 19.3. The monoisotopic (exact) mass is 372 g/mol. The number of benzene rings is 1. The Morgan fingerprint density at radius 2 is 2.11 bits per heavy atom. The average Bonchev–Trinajstić information content (AvgIpc) is 3.22. The van der Waals surface area contributed by atoms with E-state index in [-0.39, 0.29) is 11.8 Å². The summed E-state index contributed by atoms with van der Waals surface area (Å²) >= 11 is 0. The Balaban J connectivity index is 1.53. The van der Waals surface area contributed by atoms with E-state index in [2.05, 4.69) is 31.5 Å². The molecule has 0 saturated carbocycles. The summed E-state index contributed by atoms with van der Waals surface area (Å²) in [7, 11) is 0. The molecule has 1 unspecified atom stereocenters. The van der Waals surface area contributed by atoms with E-state index in [9.17, 15) is 10.1 Å². The van der Waals surface area contributed by atoms with Gasteiger partial charge in [0.25, 0.3) is 5.91 Å². The molecule has 1 aliphatic heterocycles. The lowest BCUT2D eigenvalue weighted by atomic mass is 9.93. The second kappa shape index (κ2) is 7.92. The van der Waals surface area contributed by atoms with Crippen molar-refractivity contribution in [1.29, 1.82) is 5.26 Å².